The molecule has 0 fully saturated rings. The van der Waals surface area contributed by atoms with Crippen LogP contribution in [0.25, 0.3) is 6.08 Å². The molecule has 1 aromatic carbocycles. The molecule has 3 heteroatoms. The lowest BCUT2D eigenvalue weighted by molar-refractivity contribution is 0.105. The maximum Gasteiger partial charge on any atom is 0.195 e. The highest BCUT2D eigenvalue weighted by Gasteiger charge is 2.01. The van der Waals surface area contributed by atoms with Gasteiger partial charge in [-0.05, 0) is 49.1 Å². The van der Waals surface area contributed by atoms with Crippen molar-refractivity contribution in [2.45, 2.75) is 20.0 Å². The monoisotopic (exact) mass is 272 g/mol. The minimum Gasteiger partial charge on any atom is -0.491 e. The van der Waals surface area contributed by atoms with E-state index in [4.69, 9.17) is 4.74 Å². The van der Waals surface area contributed by atoms with E-state index in [0.29, 0.717) is 0 Å². The van der Waals surface area contributed by atoms with Crippen molar-refractivity contribution in [3.8, 4) is 5.75 Å². The molecule has 0 saturated heterocycles. The third kappa shape index (κ3) is 4.07. The number of rotatable bonds is 5. The number of carbonyl (C=O) groups excluding carboxylic acids is 1. The van der Waals surface area contributed by atoms with E-state index in [-0.39, 0.29) is 11.9 Å². The van der Waals surface area contributed by atoms with Crippen molar-refractivity contribution in [2.24, 2.45) is 0 Å². The van der Waals surface area contributed by atoms with Gasteiger partial charge in [0.15, 0.2) is 5.78 Å². The van der Waals surface area contributed by atoms with Gasteiger partial charge >= 0.3 is 0 Å². The second-order valence-corrected chi connectivity index (χ2v) is 5.36. The first kappa shape index (κ1) is 13.6. The Morgan fingerprint density at radius 3 is 2.53 bits per heavy atom. The Hall–Kier alpha value is -1.87. The van der Waals surface area contributed by atoms with Crippen LogP contribution in [0.5, 0.6) is 5.75 Å². The molecule has 0 bridgehead atoms. The molecule has 0 radical (unpaired) electrons. The van der Waals surface area contributed by atoms with Crippen molar-refractivity contribution >= 4 is 23.2 Å². The largest absolute Gasteiger partial charge is 0.491 e. The van der Waals surface area contributed by atoms with Crippen molar-refractivity contribution in [1.82, 2.24) is 0 Å². The molecule has 98 valence electrons. The Balaban J connectivity index is 2.01. The Morgan fingerprint density at radius 2 is 1.95 bits per heavy atom. The molecule has 1 heterocycles. The summed E-state index contributed by atoms with van der Waals surface area (Å²) in [6.45, 7) is 3.99. The zero-order valence-corrected chi connectivity index (χ0v) is 11.8. The Bertz CT molecular complexity index is 551. The molecule has 19 heavy (non-hydrogen) atoms. The molecule has 2 rings (SSSR count). The first-order valence-electron chi connectivity index (χ1n) is 6.18. The van der Waals surface area contributed by atoms with Crippen LogP contribution >= 0.6 is 11.3 Å². The summed E-state index contributed by atoms with van der Waals surface area (Å²) >= 11 is 1.45. The van der Waals surface area contributed by atoms with Crippen LogP contribution < -0.4 is 4.74 Å². The Kier molecular flexibility index (Phi) is 4.53. The minimum atomic E-state index is 0.0394. The van der Waals surface area contributed by atoms with Crippen LogP contribution in [0.4, 0.5) is 0 Å². The molecule has 2 aromatic rings. The normalized spacial score (nSPS) is 11.1. The topological polar surface area (TPSA) is 26.3 Å². The Labute approximate surface area is 117 Å². The summed E-state index contributed by atoms with van der Waals surface area (Å²) in [6.07, 6.45) is 3.59. The molecule has 0 unspecified atom stereocenters. The van der Waals surface area contributed by atoms with Crippen molar-refractivity contribution in [3.05, 3.63) is 58.3 Å². The Morgan fingerprint density at radius 1 is 1.21 bits per heavy atom. The van der Waals surface area contributed by atoms with Crippen molar-refractivity contribution < 1.29 is 9.53 Å². The van der Waals surface area contributed by atoms with Crippen LogP contribution in [0.2, 0.25) is 0 Å². The van der Waals surface area contributed by atoms with Gasteiger partial charge in [0.05, 0.1) is 11.0 Å². The van der Waals surface area contributed by atoms with E-state index in [0.717, 1.165) is 16.2 Å². The first-order chi connectivity index (χ1) is 9.15. The summed E-state index contributed by atoms with van der Waals surface area (Å²) in [6, 6.07) is 11.4. The maximum atomic E-state index is 11.8. The number of ketones is 1. The van der Waals surface area contributed by atoms with Crippen molar-refractivity contribution in [1.29, 1.82) is 0 Å². The smallest absolute Gasteiger partial charge is 0.195 e. The zero-order valence-electron chi connectivity index (χ0n) is 11.0. The van der Waals surface area contributed by atoms with E-state index in [1.807, 2.05) is 61.7 Å². The third-order valence-corrected chi connectivity index (χ3v) is 3.33. The predicted octanol–water partition coefficient (Wildman–Crippen LogP) is 4.43. The van der Waals surface area contributed by atoms with Gasteiger partial charge in [-0.25, -0.2) is 0 Å². The van der Waals surface area contributed by atoms with Gasteiger partial charge in [0.2, 0.25) is 0 Å². The van der Waals surface area contributed by atoms with Crippen molar-refractivity contribution in [3.63, 3.8) is 0 Å². The summed E-state index contributed by atoms with van der Waals surface area (Å²) < 4.78 is 5.56. The first-order valence-corrected chi connectivity index (χ1v) is 7.06. The van der Waals surface area contributed by atoms with Crippen LogP contribution in [0.1, 0.15) is 29.1 Å². The predicted molar refractivity (Wildman–Crippen MR) is 79.9 cm³/mol. The molecule has 2 nitrogen and oxygen atoms in total. The summed E-state index contributed by atoms with van der Waals surface area (Å²) in [5.41, 5.74) is 0.987. The van der Waals surface area contributed by atoms with E-state index in [1.54, 1.807) is 6.08 Å². The zero-order chi connectivity index (χ0) is 13.7. The average molecular weight is 272 g/mol. The second-order valence-electron chi connectivity index (χ2n) is 4.41. The van der Waals surface area contributed by atoms with Gasteiger partial charge in [-0.3, -0.25) is 4.79 Å². The molecule has 0 spiro atoms. The van der Waals surface area contributed by atoms with Crippen LogP contribution in [0, 0.1) is 0 Å². The van der Waals surface area contributed by atoms with E-state index in [1.165, 1.54) is 11.3 Å². The van der Waals surface area contributed by atoms with Gasteiger partial charge in [-0.2, -0.15) is 0 Å². The lowest BCUT2D eigenvalue weighted by Crippen LogP contribution is -2.05. The van der Waals surface area contributed by atoms with Crippen molar-refractivity contribution in [2.75, 3.05) is 0 Å². The molecule has 0 atom stereocenters. The summed E-state index contributed by atoms with van der Waals surface area (Å²) in [4.78, 5) is 12.6. The highest BCUT2D eigenvalue weighted by atomic mass is 32.1. The fraction of sp³-hybridized carbons (Fsp3) is 0.188. The molecule has 0 saturated carbocycles. The SMILES string of the molecule is CC(C)Oc1ccc(/C=C/C(=O)c2cccs2)cc1. The number of hydrogen-bond acceptors (Lipinski definition) is 3. The number of thiophene rings is 1. The molecule has 0 amide bonds. The molecule has 0 N–H and O–H groups in total. The van der Waals surface area contributed by atoms with Gasteiger partial charge in [-0.1, -0.05) is 24.3 Å². The van der Waals surface area contributed by atoms with Gasteiger partial charge in [-0.15, -0.1) is 11.3 Å². The average Bonchev–Trinajstić information content (AvgIpc) is 2.91. The molecule has 0 aliphatic rings. The minimum absolute atomic E-state index is 0.0394. The van der Waals surface area contributed by atoms with E-state index >= 15 is 0 Å². The quantitative estimate of drug-likeness (QED) is 0.594. The molecule has 0 aliphatic heterocycles. The molecular weight excluding hydrogens is 256 g/mol. The number of allylic oxidation sites excluding steroid dienone is 1. The fourth-order valence-corrected chi connectivity index (χ4v) is 2.25. The maximum absolute atomic E-state index is 11.8. The van der Waals surface area contributed by atoms with Gasteiger partial charge < -0.3 is 4.74 Å². The van der Waals surface area contributed by atoms with Gasteiger partial charge in [0.25, 0.3) is 0 Å². The number of ether oxygens (including phenoxy) is 1. The van der Waals surface area contributed by atoms with Gasteiger partial charge in [0, 0.05) is 0 Å². The van der Waals surface area contributed by atoms with E-state index < -0.39 is 0 Å². The van der Waals surface area contributed by atoms with Crippen LogP contribution in [-0.4, -0.2) is 11.9 Å². The second kappa shape index (κ2) is 6.34. The van der Waals surface area contributed by atoms with E-state index in [2.05, 4.69) is 0 Å². The third-order valence-electron chi connectivity index (χ3n) is 2.44. The lowest BCUT2D eigenvalue weighted by Gasteiger charge is -2.09. The standard InChI is InChI=1S/C16H16O2S/c1-12(2)18-14-8-5-13(6-9-14)7-10-15(17)16-4-3-11-19-16/h3-12H,1-2H3/b10-7+. The highest BCUT2D eigenvalue weighted by Crippen LogP contribution is 2.15. The molecule has 0 aliphatic carbocycles. The number of carbonyl (C=O) groups is 1. The number of hydrogen-bond donors (Lipinski definition) is 0. The van der Waals surface area contributed by atoms with Crippen LogP contribution in [0.3, 0.4) is 0 Å². The summed E-state index contributed by atoms with van der Waals surface area (Å²) in [5, 5.41) is 1.90. The molecule has 1 aromatic heterocycles. The molecular formula is C16H16O2S. The lowest BCUT2D eigenvalue weighted by atomic mass is 10.2. The van der Waals surface area contributed by atoms with Crippen LogP contribution in [0.15, 0.2) is 47.9 Å². The van der Waals surface area contributed by atoms with Crippen LogP contribution in [-0.2, 0) is 0 Å². The number of benzene rings is 1. The van der Waals surface area contributed by atoms with E-state index in [9.17, 15) is 4.79 Å². The van der Waals surface area contributed by atoms with Gasteiger partial charge in [0.1, 0.15) is 5.75 Å². The summed E-state index contributed by atoms with van der Waals surface area (Å²) in [5.74, 6) is 0.884. The summed E-state index contributed by atoms with van der Waals surface area (Å²) in [7, 11) is 0. The fourth-order valence-electron chi connectivity index (χ4n) is 1.60. The highest BCUT2D eigenvalue weighted by molar-refractivity contribution is 7.12.